The Morgan fingerprint density at radius 1 is 1.47 bits per heavy atom. The molecule has 0 unspecified atom stereocenters. The monoisotopic (exact) mass is 227 g/mol. The van der Waals surface area contributed by atoms with E-state index in [0.29, 0.717) is 5.56 Å². The van der Waals surface area contributed by atoms with Gasteiger partial charge in [-0.1, -0.05) is 17.8 Å². The van der Waals surface area contributed by atoms with Crippen LogP contribution in [-0.4, -0.2) is 11.1 Å². The van der Waals surface area contributed by atoms with Crippen LogP contribution < -0.4 is 11.5 Å². The number of thioether (sulfide) groups is 1. The molecule has 1 rings (SSSR count). The molecule has 0 heterocycles. The van der Waals surface area contributed by atoms with Crippen molar-refractivity contribution >= 4 is 22.8 Å². The van der Waals surface area contributed by atoms with Gasteiger partial charge in [-0.15, -0.1) is 0 Å². The first kappa shape index (κ1) is 11.5. The van der Waals surface area contributed by atoms with Crippen LogP contribution in [0.15, 0.2) is 18.2 Å². The number of primary amides is 1. The van der Waals surface area contributed by atoms with Crippen molar-refractivity contribution in [3.05, 3.63) is 35.1 Å². The number of nitrogens with one attached hydrogen (secondary N) is 1. The summed E-state index contributed by atoms with van der Waals surface area (Å²) in [5.74, 6) is -0.917. The van der Waals surface area contributed by atoms with E-state index in [2.05, 4.69) is 0 Å². The topological polar surface area (TPSA) is 93.0 Å². The maximum Gasteiger partial charge on any atom is 0.248 e. The molecule has 4 nitrogen and oxygen atoms in total. The van der Waals surface area contributed by atoms with Crippen LogP contribution in [-0.2, 0) is 5.75 Å². The van der Waals surface area contributed by atoms with E-state index in [1.165, 1.54) is 12.1 Å². The second-order valence-electron chi connectivity index (χ2n) is 2.82. The molecule has 5 N–H and O–H groups in total. The van der Waals surface area contributed by atoms with Crippen molar-refractivity contribution in [3.8, 4) is 0 Å². The lowest BCUT2D eigenvalue weighted by Crippen LogP contribution is -2.11. The third-order valence-electron chi connectivity index (χ3n) is 1.72. The molecule has 80 valence electrons. The van der Waals surface area contributed by atoms with Gasteiger partial charge in [-0.3, -0.25) is 10.2 Å². The summed E-state index contributed by atoms with van der Waals surface area (Å²) in [6.45, 7) is 0. The molecule has 0 saturated heterocycles. The normalized spacial score (nSPS) is 9.93. The molecule has 1 aromatic rings. The van der Waals surface area contributed by atoms with Crippen LogP contribution in [0.1, 0.15) is 15.9 Å². The number of carbonyl (C=O) groups is 1. The maximum atomic E-state index is 13.3. The van der Waals surface area contributed by atoms with Crippen molar-refractivity contribution in [1.29, 1.82) is 5.41 Å². The summed E-state index contributed by atoms with van der Waals surface area (Å²) < 4.78 is 13.3. The van der Waals surface area contributed by atoms with E-state index in [-0.39, 0.29) is 16.5 Å². The van der Waals surface area contributed by atoms with Crippen LogP contribution in [0, 0.1) is 11.2 Å². The van der Waals surface area contributed by atoms with E-state index in [0.717, 1.165) is 17.8 Å². The highest BCUT2D eigenvalue weighted by Crippen LogP contribution is 2.16. The van der Waals surface area contributed by atoms with Gasteiger partial charge in [0, 0.05) is 11.3 Å². The van der Waals surface area contributed by atoms with Crippen LogP contribution in [0.3, 0.4) is 0 Å². The van der Waals surface area contributed by atoms with Crippen molar-refractivity contribution in [1.82, 2.24) is 0 Å². The Morgan fingerprint density at radius 2 is 2.13 bits per heavy atom. The average molecular weight is 227 g/mol. The molecule has 6 heteroatoms. The molecule has 0 aromatic heterocycles. The minimum absolute atomic E-state index is 0.0756. The lowest BCUT2D eigenvalue weighted by molar-refractivity contribution is 0.1000. The predicted molar refractivity (Wildman–Crippen MR) is 58.1 cm³/mol. The predicted octanol–water partition coefficient (Wildman–Crippen LogP) is 1.05. The van der Waals surface area contributed by atoms with Crippen molar-refractivity contribution in [2.45, 2.75) is 5.75 Å². The molecule has 0 aliphatic rings. The summed E-state index contributed by atoms with van der Waals surface area (Å²) >= 11 is 1.02. The Labute approximate surface area is 90.3 Å². The lowest BCUT2D eigenvalue weighted by atomic mass is 10.1. The molecule has 0 aliphatic carbocycles. The van der Waals surface area contributed by atoms with E-state index >= 15 is 0 Å². The molecule has 0 saturated carbocycles. The highest BCUT2D eigenvalue weighted by atomic mass is 32.2. The zero-order valence-corrected chi connectivity index (χ0v) is 8.60. The van der Waals surface area contributed by atoms with Gasteiger partial charge in [0.15, 0.2) is 5.17 Å². The molecular formula is C9H10FN3OS. The molecule has 0 atom stereocenters. The minimum Gasteiger partial charge on any atom is -0.379 e. The molecule has 0 fully saturated rings. The van der Waals surface area contributed by atoms with Crippen LogP contribution in [0.5, 0.6) is 0 Å². The first-order chi connectivity index (χ1) is 7.00. The molecule has 0 spiro atoms. The van der Waals surface area contributed by atoms with Gasteiger partial charge < -0.3 is 11.5 Å². The first-order valence-corrected chi connectivity index (χ1v) is 5.04. The third-order valence-corrected chi connectivity index (χ3v) is 2.49. The van der Waals surface area contributed by atoms with Gasteiger partial charge in [-0.05, 0) is 17.7 Å². The standard InChI is InChI=1S/C9H10FN3OS/c10-7-3-5(8(11)14)1-2-6(7)4-15-9(12)13/h1-3H,4H2,(H2,11,14)(H3,12,13). The molecule has 1 aromatic carbocycles. The second kappa shape index (κ2) is 4.79. The summed E-state index contributed by atoms with van der Waals surface area (Å²) in [5.41, 5.74) is 10.6. The van der Waals surface area contributed by atoms with E-state index in [1.807, 2.05) is 0 Å². The maximum absolute atomic E-state index is 13.3. The van der Waals surface area contributed by atoms with Crippen molar-refractivity contribution in [3.63, 3.8) is 0 Å². The third kappa shape index (κ3) is 3.25. The highest BCUT2D eigenvalue weighted by Gasteiger charge is 2.07. The number of hydrogen-bond acceptors (Lipinski definition) is 3. The lowest BCUT2D eigenvalue weighted by Gasteiger charge is -2.03. The average Bonchev–Trinajstić information content (AvgIpc) is 2.15. The Hall–Kier alpha value is -1.56. The Kier molecular flexibility index (Phi) is 3.68. The minimum atomic E-state index is -0.667. The largest absolute Gasteiger partial charge is 0.379 e. The second-order valence-corrected chi connectivity index (χ2v) is 3.84. The first-order valence-electron chi connectivity index (χ1n) is 4.05. The smallest absolute Gasteiger partial charge is 0.248 e. The van der Waals surface area contributed by atoms with E-state index in [9.17, 15) is 9.18 Å². The molecular weight excluding hydrogens is 217 g/mol. The summed E-state index contributed by atoms with van der Waals surface area (Å²) in [6, 6.07) is 3.99. The van der Waals surface area contributed by atoms with Gasteiger partial charge in [-0.25, -0.2) is 4.39 Å². The SMILES string of the molecule is N=C(N)SCc1ccc(C(N)=O)cc1F. The molecule has 0 aliphatic heterocycles. The number of amidine groups is 1. The van der Waals surface area contributed by atoms with Gasteiger partial charge in [0.2, 0.25) is 5.91 Å². The molecule has 0 radical (unpaired) electrons. The quantitative estimate of drug-likeness (QED) is 0.532. The van der Waals surface area contributed by atoms with Gasteiger partial charge >= 0.3 is 0 Å². The summed E-state index contributed by atoms with van der Waals surface area (Å²) in [6.07, 6.45) is 0. The number of nitrogens with two attached hydrogens (primary N) is 2. The van der Waals surface area contributed by atoms with Crippen molar-refractivity contribution < 1.29 is 9.18 Å². The zero-order chi connectivity index (χ0) is 11.4. The molecule has 0 bridgehead atoms. The van der Waals surface area contributed by atoms with Gasteiger partial charge in [0.25, 0.3) is 0 Å². The van der Waals surface area contributed by atoms with Crippen LogP contribution in [0.2, 0.25) is 0 Å². The van der Waals surface area contributed by atoms with Crippen LogP contribution in [0.4, 0.5) is 4.39 Å². The van der Waals surface area contributed by atoms with Crippen LogP contribution in [0.25, 0.3) is 0 Å². The summed E-state index contributed by atoms with van der Waals surface area (Å²) in [4.78, 5) is 10.7. The van der Waals surface area contributed by atoms with Crippen LogP contribution >= 0.6 is 11.8 Å². The number of amides is 1. The fourth-order valence-electron chi connectivity index (χ4n) is 0.973. The number of halogens is 1. The number of carbonyl (C=O) groups excluding carboxylic acids is 1. The molecule has 1 amide bonds. The molecule has 15 heavy (non-hydrogen) atoms. The van der Waals surface area contributed by atoms with E-state index < -0.39 is 11.7 Å². The van der Waals surface area contributed by atoms with E-state index in [1.54, 1.807) is 0 Å². The number of benzene rings is 1. The Balaban J connectivity index is 2.83. The Morgan fingerprint density at radius 3 is 2.60 bits per heavy atom. The summed E-state index contributed by atoms with van der Waals surface area (Å²) in [7, 11) is 0. The fraction of sp³-hybridized carbons (Fsp3) is 0.111. The fourth-order valence-corrected chi connectivity index (χ4v) is 1.52. The van der Waals surface area contributed by atoms with E-state index in [4.69, 9.17) is 16.9 Å². The van der Waals surface area contributed by atoms with Crippen molar-refractivity contribution in [2.24, 2.45) is 11.5 Å². The number of rotatable bonds is 3. The summed E-state index contributed by atoms with van der Waals surface area (Å²) in [5, 5.41) is 6.89. The van der Waals surface area contributed by atoms with Gasteiger partial charge in [-0.2, -0.15) is 0 Å². The van der Waals surface area contributed by atoms with Gasteiger partial charge in [0.1, 0.15) is 5.82 Å². The highest BCUT2D eigenvalue weighted by molar-refractivity contribution is 8.13. The number of hydrogen-bond donors (Lipinski definition) is 3. The Bertz CT molecular complexity index is 408. The van der Waals surface area contributed by atoms with Gasteiger partial charge in [0.05, 0.1) is 0 Å². The zero-order valence-electron chi connectivity index (χ0n) is 7.79. The van der Waals surface area contributed by atoms with Crippen molar-refractivity contribution in [2.75, 3.05) is 0 Å².